The van der Waals surface area contributed by atoms with E-state index in [1.54, 1.807) is 24.3 Å². The molecule has 1 aromatic carbocycles. The third-order valence-corrected chi connectivity index (χ3v) is 4.78. The number of para-hydroxylation sites is 1. The lowest BCUT2D eigenvalue weighted by atomic mass is 9.61. The van der Waals surface area contributed by atoms with Gasteiger partial charge in [-0.05, 0) is 42.2 Å². The van der Waals surface area contributed by atoms with Crippen LogP contribution in [-0.4, -0.2) is 17.1 Å². The van der Waals surface area contributed by atoms with Crippen molar-refractivity contribution in [2.24, 2.45) is 10.8 Å². The first kappa shape index (κ1) is 15.9. The first-order chi connectivity index (χ1) is 9.75. The number of aromatic hydroxyl groups is 1. The highest BCUT2D eigenvalue weighted by molar-refractivity contribution is 5.96. The lowest BCUT2D eigenvalue weighted by Gasteiger charge is -2.46. The average molecular weight is 289 g/mol. The molecule has 2 atom stereocenters. The van der Waals surface area contributed by atoms with Crippen LogP contribution < -0.4 is 5.32 Å². The highest BCUT2D eigenvalue weighted by Crippen LogP contribution is 2.47. The zero-order valence-electron chi connectivity index (χ0n) is 13.6. The van der Waals surface area contributed by atoms with Crippen LogP contribution in [0.4, 0.5) is 0 Å². The molecule has 3 nitrogen and oxygen atoms in total. The van der Waals surface area contributed by atoms with Gasteiger partial charge in [0.2, 0.25) is 0 Å². The molecule has 1 amide bonds. The molecule has 2 rings (SSSR count). The van der Waals surface area contributed by atoms with Crippen LogP contribution >= 0.6 is 0 Å². The van der Waals surface area contributed by atoms with Crippen LogP contribution in [0.15, 0.2) is 24.3 Å². The second-order valence-electron chi connectivity index (χ2n) is 7.60. The number of phenolic OH excluding ortho intramolecular Hbond substituents is 1. The minimum atomic E-state index is -0.172. The van der Waals surface area contributed by atoms with Crippen molar-refractivity contribution in [1.82, 2.24) is 5.32 Å². The van der Waals surface area contributed by atoms with Gasteiger partial charge >= 0.3 is 0 Å². The topological polar surface area (TPSA) is 49.3 Å². The van der Waals surface area contributed by atoms with Crippen LogP contribution in [0.5, 0.6) is 5.75 Å². The number of amides is 1. The minimum Gasteiger partial charge on any atom is -0.507 e. The molecule has 0 spiro atoms. The number of nitrogens with one attached hydrogen (secondary N) is 1. The maximum Gasteiger partial charge on any atom is 0.255 e. The molecular formula is C18H27NO2. The predicted octanol–water partition coefficient (Wildman–Crippen LogP) is 4.12. The molecule has 0 bridgehead atoms. The maximum atomic E-state index is 12.4. The summed E-state index contributed by atoms with van der Waals surface area (Å²) in [6, 6.07) is 6.89. The van der Waals surface area contributed by atoms with Crippen molar-refractivity contribution < 1.29 is 9.90 Å². The van der Waals surface area contributed by atoms with Crippen LogP contribution in [0, 0.1) is 10.8 Å². The average Bonchev–Trinajstić information content (AvgIpc) is 2.36. The minimum absolute atomic E-state index is 0.0447. The van der Waals surface area contributed by atoms with Crippen molar-refractivity contribution in [3.8, 4) is 5.75 Å². The molecule has 0 saturated heterocycles. The van der Waals surface area contributed by atoms with E-state index < -0.39 is 0 Å². The summed E-state index contributed by atoms with van der Waals surface area (Å²) in [5, 5.41) is 12.9. The summed E-state index contributed by atoms with van der Waals surface area (Å²) >= 11 is 0. The Hall–Kier alpha value is -1.51. The van der Waals surface area contributed by atoms with Crippen LogP contribution in [-0.2, 0) is 0 Å². The molecule has 2 N–H and O–H groups in total. The van der Waals surface area contributed by atoms with Gasteiger partial charge in [0.15, 0.2) is 0 Å². The lowest BCUT2D eigenvalue weighted by Crippen LogP contribution is -2.46. The van der Waals surface area contributed by atoms with E-state index in [1.807, 2.05) is 0 Å². The van der Waals surface area contributed by atoms with Gasteiger partial charge in [-0.15, -0.1) is 0 Å². The molecular weight excluding hydrogens is 262 g/mol. The van der Waals surface area contributed by atoms with E-state index in [-0.39, 0.29) is 28.5 Å². The van der Waals surface area contributed by atoms with Crippen molar-refractivity contribution in [2.45, 2.75) is 59.4 Å². The van der Waals surface area contributed by atoms with E-state index in [0.29, 0.717) is 5.56 Å². The van der Waals surface area contributed by atoms with Crippen LogP contribution in [0.1, 0.15) is 63.7 Å². The number of hydrogen-bond donors (Lipinski definition) is 2. The molecule has 1 aliphatic carbocycles. The predicted molar refractivity (Wildman–Crippen MR) is 85.4 cm³/mol. The van der Waals surface area contributed by atoms with Gasteiger partial charge < -0.3 is 10.4 Å². The van der Waals surface area contributed by atoms with Gasteiger partial charge in [0.1, 0.15) is 5.75 Å². The largest absolute Gasteiger partial charge is 0.507 e. The Morgan fingerprint density at radius 2 is 1.95 bits per heavy atom. The highest BCUT2D eigenvalue weighted by Gasteiger charge is 2.40. The summed E-state index contributed by atoms with van der Waals surface area (Å²) in [6.07, 6.45) is 4.31. The Kier molecular flexibility index (Phi) is 4.31. The molecule has 1 aromatic rings. The zero-order chi connectivity index (χ0) is 15.7. The normalized spacial score (nSPS) is 28.1. The van der Waals surface area contributed by atoms with Crippen molar-refractivity contribution in [2.75, 3.05) is 0 Å². The SMILES string of the molecule is CCC1(C)CC(NC(=O)c2ccccc2O)CC(C)(C)C1. The van der Waals surface area contributed by atoms with Crippen LogP contribution in [0.2, 0.25) is 0 Å². The first-order valence-corrected chi connectivity index (χ1v) is 7.84. The number of hydrogen-bond acceptors (Lipinski definition) is 2. The summed E-state index contributed by atoms with van der Waals surface area (Å²) in [5.74, 6) is -0.127. The Labute approximate surface area is 127 Å². The van der Waals surface area contributed by atoms with Gasteiger partial charge in [0, 0.05) is 6.04 Å². The van der Waals surface area contributed by atoms with Gasteiger partial charge in [0.25, 0.3) is 5.91 Å². The number of rotatable bonds is 3. The van der Waals surface area contributed by atoms with E-state index in [2.05, 4.69) is 33.0 Å². The zero-order valence-corrected chi connectivity index (χ0v) is 13.6. The van der Waals surface area contributed by atoms with Crippen molar-refractivity contribution in [3.63, 3.8) is 0 Å². The summed E-state index contributed by atoms with van der Waals surface area (Å²) in [4.78, 5) is 12.4. The number of benzene rings is 1. The Balaban J connectivity index is 2.12. The van der Waals surface area contributed by atoms with E-state index in [0.717, 1.165) is 19.3 Å². The summed E-state index contributed by atoms with van der Waals surface area (Å²) in [7, 11) is 0. The van der Waals surface area contributed by atoms with Gasteiger partial charge in [-0.2, -0.15) is 0 Å². The maximum absolute atomic E-state index is 12.4. The third-order valence-electron chi connectivity index (χ3n) is 4.78. The molecule has 0 aromatic heterocycles. The molecule has 1 saturated carbocycles. The molecule has 3 heteroatoms. The monoisotopic (exact) mass is 289 g/mol. The fourth-order valence-electron chi connectivity index (χ4n) is 3.93. The smallest absolute Gasteiger partial charge is 0.255 e. The first-order valence-electron chi connectivity index (χ1n) is 7.84. The van der Waals surface area contributed by atoms with E-state index in [4.69, 9.17) is 0 Å². The third kappa shape index (κ3) is 3.78. The fraction of sp³-hybridized carbons (Fsp3) is 0.611. The second-order valence-corrected chi connectivity index (χ2v) is 7.60. The molecule has 0 aliphatic heterocycles. The summed E-state index contributed by atoms with van der Waals surface area (Å²) < 4.78 is 0. The van der Waals surface area contributed by atoms with Gasteiger partial charge in [-0.3, -0.25) is 4.79 Å². The second kappa shape index (κ2) is 5.70. The van der Waals surface area contributed by atoms with Crippen molar-refractivity contribution in [3.05, 3.63) is 29.8 Å². The van der Waals surface area contributed by atoms with Crippen LogP contribution in [0.3, 0.4) is 0 Å². The number of carbonyl (C=O) groups excluding carboxylic acids is 1. The molecule has 1 aliphatic rings. The molecule has 116 valence electrons. The Bertz CT molecular complexity index is 524. The molecule has 21 heavy (non-hydrogen) atoms. The van der Waals surface area contributed by atoms with E-state index >= 15 is 0 Å². The van der Waals surface area contributed by atoms with Gasteiger partial charge in [-0.25, -0.2) is 0 Å². The number of carbonyl (C=O) groups is 1. The fourth-order valence-corrected chi connectivity index (χ4v) is 3.93. The van der Waals surface area contributed by atoms with E-state index in [9.17, 15) is 9.90 Å². The molecule has 0 heterocycles. The number of phenols is 1. The molecule has 0 radical (unpaired) electrons. The summed E-state index contributed by atoms with van der Waals surface area (Å²) in [5.41, 5.74) is 0.872. The lowest BCUT2D eigenvalue weighted by molar-refractivity contribution is 0.0606. The van der Waals surface area contributed by atoms with Crippen molar-refractivity contribution in [1.29, 1.82) is 0 Å². The van der Waals surface area contributed by atoms with Crippen LogP contribution in [0.25, 0.3) is 0 Å². The standard InChI is InChI=1S/C18H27NO2/c1-5-18(4)11-13(10-17(2,3)12-18)19-16(21)14-8-6-7-9-15(14)20/h6-9,13,20H,5,10-12H2,1-4H3,(H,19,21). The quantitative estimate of drug-likeness (QED) is 0.879. The molecule has 2 unspecified atom stereocenters. The van der Waals surface area contributed by atoms with Gasteiger partial charge in [-0.1, -0.05) is 46.2 Å². The Morgan fingerprint density at radius 3 is 2.57 bits per heavy atom. The Morgan fingerprint density at radius 1 is 1.29 bits per heavy atom. The summed E-state index contributed by atoms with van der Waals surface area (Å²) in [6.45, 7) is 9.09. The van der Waals surface area contributed by atoms with Crippen molar-refractivity contribution >= 4 is 5.91 Å². The van der Waals surface area contributed by atoms with E-state index in [1.165, 1.54) is 6.42 Å². The van der Waals surface area contributed by atoms with Gasteiger partial charge in [0.05, 0.1) is 5.56 Å². The highest BCUT2D eigenvalue weighted by atomic mass is 16.3. The molecule has 1 fully saturated rings.